The van der Waals surface area contributed by atoms with Gasteiger partial charge in [-0.1, -0.05) is 24.3 Å². The Morgan fingerprint density at radius 2 is 1.90 bits per heavy atom. The minimum absolute atomic E-state index is 0.0633. The molecule has 0 saturated carbocycles. The molecule has 2 aromatic carbocycles. The maximum Gasteiger partial charge on any atom is 0.338 e. The summed E-state index contributed by atoms with van der Waals surface area (Å²) in [5, 5.41) is 5.51. The number of hydrogen-bond acceptors (Lipinski definition) is 5. The molecule has 0 radical (unpaired) electrons. The van der Waals surface area contributed by atoms with E-state index in [0.29, 0.717) is 11.3 Å². The highest BCUT2D eigenvalue weighted by molar-refractivity contribution is 7.98. The Morgan fingerprint density at radius 1 is 1.19 bits per heavy atom. The molecular weight excluding hydrogens is 421 g/mol. The predicted octanol–water partition coefficient (Wildman–Crippen LogP) is 2.74. The van der Waals surface area contributed by atoms with Crippen molar-refractivity contribution in [1.29, 1.82) is 0 Å². The maximum atomic E-state index is 13.0. The first-order valence-electron chi connectivity index (χ1n) is 9.59. The topological polar surface area (TPSA) is 87.7 Å². The number of amides is 3. The van der Waals surface area contributed by atoms with Gasteiger partial charge in [0.15, 0.2) is 0 Å². The van der Waals surface area contributed by atoms with Gasteiger partial charge < -0.3 is 15.4 Å². The SMILES string of the molecule is CSc1ccc([C@H]2NC(=O)N(CC(=O)NCc3ccc(F)cc3)C3=C2C(=O)OC3)cc1. The van der Waals surface area contributed by atoms with Gasteiger partial charge in [0.2, 0.25) is 5.91 Å². The van der Waals surface area contributed by atoms with Crippen molar-refractivity contribution in [2.45, 2.75) is 17.5 Å². The highest BCUT2D eigenvalue weighted by atomic mass is 32.2. The predicted molar refractivity (Wildman–Crippen MR) is 112 cm³/mol. The molecule has 7 nitrogen and oxygen atoms in total. The van der Waals surface area contributed by atoms with E-state index in [1.165, 1.54) is 17.0 Å². The van der Waals surface area contributed by atoms with Crippen molar-refractivity contribution < 1.29 is 23.5 Å². The number of urea groups is 1. The summed E-state index contributed by atoms with van der Waals surface area (Å²) < 4.78 is 18.2. The van der Waals surface area contributed by atoms with E-state index in [1.54, 1.807) is 23.9 Å². The average molecular weight is 441 g/mol. The van der Waals surface area contributed by atoms with Crippen molar-refractivity contribution in [3.8, 4) is 0 Å². The van der Waals surface area contributed by atoms with Gasteiger partial charge in [0.25, 0.3) is 0 Å². The van der Waals surface area contributed by atoms with E-state index in [0.717, 1.165) is 16.0 Å². The van der Waals surface area contributed by atoms with Crippen LogP contribution in [0.15, 0.2) is 64.7 Å². The second kappa shape index (κ2) is 8.81. The quantitative estimate of drug-likeness (QED) is 0.532. The number of carbonyl (C=O) groups is 3. The second-order valence-electron chi connectivity index (χ2n) is 7.08. The molecule has 2 aromatic rings. The number of halogens is 1. The molecular formula is C22H20FN3O4S. The van der Waals surface area contributed by atoms with E-state index in [-0.39, 0.29) is 25.5 Å². The zero-order chi connectivity index (χ0) is 22.0. The van der Waals surface area contributed by atoms with E-state index in [4.69, 9.17) is 4.74 Å². The Balaban J connectivity index is 1.50. The first kappa shape index (κ1) is 20.9. The molecule has 2 N–H and O–H groups in total. The number of benzene rings is 2. The summed E-state index contributed by atoms with van der Waals surface area (Å²) >= 11 is 1.59. The number of carbonyl (C=O) groups excluding carboxylic acids is 3. The highest BCUT2D eigenvalue weighted by Gasteiger charge is 2.42. The van der Waals surface area contributed by atoms with Gasteiger partial charge in [0.05, 0.1) is 17.3 Å². The molecule has 4 rings (SSSR count). The van der Waals surface area contributed by atoms with Crippen LogP contribution in [0.2, 0.25) is 0 Å². The van der Waals surface area contributed by atoms with Gasteiger partial charge in [0.1, 0.15) is 19.0 Å². The lowest BCUT2D eigenvalue weighted by Crippen LogP contribution is -2.50. The summed E-state index contributed by atoms with van der Waals surface area (Å²) in [5.41, 5.74) is 2.22. The molecule has 0 unspecified atom stereocenters. The van der Waals surface area contributed by atoms with Gasteiger partial charge in [-0.25, -0.2) is 14.0 Å². The van der Waals surface area contributed by atoms with Crippen molar-refractivity contribution >= 4 is 29.7 Å². The van der Waals surface area contributed by atoms with Crippen LogP contribution in [0.5, 0.6) is 0 Å². The minimum Gasteiger partial charge on any atom is -0.456 e. The second-order valence-corrected chi connectivity index (χ2v) is 7.96. The molecule has 0 spiro atoms. The van der Waals surface area contributed by atoms with E-state index >= 15 is 0 Å². The smallest absolute Gasteiger partial charge is 0.338 e. The zero-order valence-corrected chi connectivity index (χ0v) is 17.5. The molecule has 1 atom stereocenters. The Morgan fingerprint density at radius 3 is 2.58 bits per heavy atom. The summed E-state index contributed by atoms with van der Waals surface area (Å²) in [7, 11) is 0. The number of rotatable bonds is 6. The van der Waals surface area contributed by atoms with Crippen molar-refractivity contribution in [2.24, 2.45) is 0 Å². The third-order valence-corrected chi connectivity index (χ3v) is 5.90. The summed E-state index contributed by atoms with van der Waals surface area (Å²) in [5.74, 6) is -1.28. The van der Waals surface area contributed by atoms with Crippen LogP contribution in [0.3, 0.4) is 0 Å². The van der Waals surface area contributed by atoms with E-state index in [1.807, 2.05) is 30.5 Å². The normalized spacial score (nSPS) is 17.9. The van der Waals surface area contributed by atoms with Crippen LogP contribution in [0.25, 0.3) is 0 Å². The van der Waals surface area contributed by atoms with Crippen molar-refractivity contribution in [1.82, 2.24) is 15.5 Å². The van der Waals surface area contributed by atoms with Crippen LogP contribution in [-0.4, -0.2) is 42.2 Å². The molecule has 0 bridgehead atoms. The largest absolute Gasteiger partial charge is 0.456 e. The molecule has 0 aromatic heterocycles. The van der Waals surface area contributed by atoms with Gasteiger partial charge in [-0.15, -0.1) is 11.8 Å². The fraction of sp³-hybridized carbons (Fsp3) is 0.227. The fourth-order valence-corrected chi connectivity index (χ4v) is 3.94. The van der Waals surface area contributed by atoms with Gasteiger partial charge in [-0.2, -0.15) is 0 Å². The molecule has 31 heavy (non-hydrogen) atoms. The lowest BCUT2D eigenvalue weighted by molar-refractivity contribution is -0.136. The number of cyclic esters (lactones) is 1. The van der Waals surface area contributed by atoms with Crippen molar-refractivity contribution in [2.75, 3.05) is 19.4 Å². The van der Waals surface area contributed by atoms with Crippen LogP contribution in [0.1, 0.15) is 17.2 Å². The number of nitrogens with one attached hydrogen (secondary N) is 2. The summed E-state index contributed by atoms with van der Waals surface area (Å²) in [4.78, 5) is 39.9. The Hall–Kier alpha value is -3.33. The molecule has 3 amide bonds. The van der Waals surface area contributed by atoms with Crippen molar-refractivity contribution in [3.63, 3.8) is 0 Å². The molecule has 2 aliphatic rings. The number of ether oxygens (including phenoxy) is 1. The maximum absolute atomic E-state index is 13.0. The molecule has 0 aliphatic carbocycles. The van der Waals surface area contributed by atoms with Crippen LogP contribution in [-0.2, 0) is 20.9 Å². The van der Waals surface area contributed by atoms with Gasteiger partial charge in [-0.3, -0.25) is 9.69 Å². The summed E-state index contributed by atoms with van der Waals surface area (Å²) in [6.07, 6.45) is 1.96. The van der Waals surface area contributed by atoms with E-state index < -0.39 is 23.9 Å². The lowest BCUT2D eigenvalue weighted by Gasteiger charge is -2.32. The van der Waals surface area contributed by atoms with Crippen LogP contribution in [0.4, 0.5) is 9.18 Å². The number of hydrogen-bond donors (Lipinski definition) is 2. The monoisotopic (exact) mass is 441 g/mol. The Kier molecular flexibility index (Phi) is 5.94. The van der Waals surface area contributed by atoms with Gasteiger partial charge in [-0.05, 0) is 41.6 Å². The Bertz CT molecular complexity index is 1050. The molecule has 0 fully saturated rings. The lowest BCUT2D eigenvalue weighted by atomic mass is 9.96. The molecule has 2 aliphatic heterocycles. The summed E-state index contributed by atoms with van der Waals surface area (Å²) in [6, 6.07) is 12.2. The number of nitrogens with zero attached hydrogens (tertiary/aromatic N) is 1. The molecule has 160 valence electrons. The van der Waals surface area contributed by atoms with E-state index in [2.05, 4.69) is 10.6 Å². The van der Waals surface area contributed by atoms with E-state index in [9.17, 15) is 18.8 Å². The van der Waals surface area contributed by atoms with Gasteiger partial charge >= 0.3 is 12.0 Å². The van der Waals surface area contributed by atoms with Crippen LogP contribution >= 0.6 is 11.8 Å². The fourth-order valence-electron chi connectivity index (χ4n) is 3.53. The molecule has 9 heteroatoms. The minimum atomic E-state index is -0.632. The number of esters is 1. The molecule has 0 saturated heterocycles. The number of thioether (sulfide) groups is 1. The van der Waals surface area contributed by atoms with Crippen LogP contribution in [0, 0.1) is 5.82 Å². The first-order valence-corrected chi connectivity index (χ1v) is 10.8. The Labute approximate surface area is 182 Å². The zero-order valence-electron chi connectivity index (χ0n) is 16.7. The van der Waals surface area contributed by atoms with Crippen molar-refractivity contribution in [3.05, 3.63) is 76.7 Å². The standard InChI is InChI=1S/C22H20FN3O4S/c1-31-16-8-4-14(5-9-16)20-19-17(12-30-21(19)28)26(22(29)25-20)11-18(27)24-10-13-2-6-15(23)7-3-13/h2-9,20H,10-12H2,1H3,(H,24,27)(H,25,29)/t20-/m1/s1. The summed E-state index contributed by atoms with van der Waals surface area (Å²) in [6.45, 7) is -0.132. The van der Waals surface area contributed by atoms with Gasteiger partial charge in [0, 0.05) is 11.4 Å². The average Bonchev–Trinajstić information content (AvgIpc) is 3.16. The molecule has 2 heterocycles. The third kappa shape index (κ3) is 4.41. The third-order valence-electron chi connectivity index (χ3n) is 5.15. The first-order chi connectivity index (χ1) is 15.0. The highest BCUT2D eigenvalue weighted by Crippen LogP contribution is 2.35. The van der Waals surface area contributed by atoms with Crippen LogP contribution < -0.4 is 10.6 Å².